The fraction of sp³-hybridized carbons (Fsp3) is 0.333. The number of carbonyl (C=O) groups is 2. The molecule has 2 aliphatic heterocycles. The molecule has 2 heterocycles. The van der Waals surface area contributed by atoms with E-state index >= 15 is 0 Å². The summed E-state index contributed by atoms with van der Waals surface area (Å²) >= 11 is 12.3. The monoisotopic (exact) mass is 599 g/mol. The van der Waals surface area contributed by atoms with Crippen molar-refractivity contribution in [1.29, 1.82) is 0 Å². The summed E-state index contributed by atoms with van der Waals surface area (Å²) in [6.45, 7) is 1.88. The fourth-order valence-electron chi connectivity index (χ4n) is 5.32. The first kappa shape index (κ1) is 28.6. The van der Waals surface area contributed by atoms with Crippen molar-refractivity contribution in [3.8, 4) is 0 Å². The van der Waals surface area contributed by atoms with E-state index < -0.39 is 15.9 Å². The molecular weight excluding hydrogens is 569 g/mol. The summed E-state index contributed by atoms with van der Waals surface area (Å²) in [5.74, 6) is -0.156. The fourth-order valence-corrected chi connectivity index (χ4v) is 7.41. The Morgan fingerprint density at radius 1 is 0.850 bits per heavy atom. The summed E-state index contributed by atoms with van der Waals surface area (Å²) < 4.78 is 28.6. The number of nitrogens with zero attached hydrogens (tertiary/aromatic N) is 3. The highest BCUT2D eigenvalue weighted by atomic mass is 35.5. The molecule has 0 spiro atoms. The van der Waals surface area contributed by atoms with Crippen molar-refractivity contribution in [2.45, 2.75) is 30.7 Å². The molecule has 210 valence electrons. The molecule has 0 radical (unpaired) electrons. The van der Waals surface area contributed by atoms with Gasteiger partial charge in [-0.2, -0.15) is 4.31 Å². The lowest BCUT2D eigenvalue weighted by molar-refractivity contribution is -0.135. The van der Waals surface area contributed by atoms with E-state index in [1.54, 1.807) is 17.0 Å². The average Bonchev–Trinajstić information content (AvgIpc) is 2.96. The van der Waals surface area contributed by atoms with E-state index in [-0.39, 0.29) is 27.9 Å². The molecule has 2 fully saturated rings. The van der Waals surface area contributed by atoms with Crippen LogP contribution in [-0.2, 0) is 27.8 Å². The Morgan fingerprint density at radius 3 is 2.23 bits per heavy atom. The highest BCUT2D eigenvalue weighted by Crippen LogP contribution is 2.30. The van der Waals surface area contributed by atoms with E-state index in [2.05, 4.69) is 12.1 Å². The quantitative estimate of drug-likeness (QED) is 0.377. The zero-order valence-corrected chi connectivity index (χ0v) is 24.3. The standard InChI is InChI=1S/C30H31Cl2N3O4S/c31-26-9-6-24(7-10-26)20-33-16-17-34(21-29(33)36)30(37)25-8-11-27(32)28(19-25)40(38,39)35-14-12-23(13-15-35)18-22-4-2-1-3-5-22/h1-11,19,23H,12-18,20-21H2. The van der Waals surface area contributed by atoms with E-state index in [1.165, 1.54) is 33.0 Å². The van der Waals surface area contributed by atoms with Gasteiger partial charge in [0, 0.05) is 43.3 Å². The van der Waals surface area contributed by atoms with Crippen molar-refractivity contribution in [3.63, 3.8) is 0 Å². The summed E-state index contributed by atoms with van der Waals surface area (Å²) in [5.41, 5.74) is 2.40. The minimum atomic E-state index is -3.89. The van der Waals surface area contributed by atoms with Crippen LogP contribution in [0.3, 0.4) is 0 Å². The summed E-state index contributed by atoms with van der Waals surface area (Å²) in [5, 5.41) is 0.703. The van der Waals surface area contributed by atoms with Crippen molar-refractivity contribution >= 4 is 45.0 Å². The zero-order valence-electron chi connectivity index (χ0n) is 22.0. The van der Waals surface area contributed by atoms with Gasteiger partial charge in [-0.05, 0) is 66.6 Å². The van der Waals surface area contributed by atoms with Gasteiger partial charge < -0.3 is 9.80 Å². The Hall–Kier alpha value is -2.91. The Labute approximate surface area is 245 Å². The number of sulfonamides is 1. The van der Waals surface area contributed by atoms with E-state index in [0.29, 0.717) is 43.7 Å². The number of hydrogen-bond acceptors (Lipinski definition) is 4. The smallest absolute Gasteiger partial charge is 0.254 e. The van der Waals surface area contributed by atoms with Crippen LogP contribution in [0.5, 0.6) is 0 Å². The Morgan fingerprint density at radius 2 is 1.55 bits per heavy atom. The second-order valence-corrected chi connectivity index (χ2v) is 13.1. The van der Waals surface area contributed by atoms with Crippen LogP contribution >= 0.6 is 23.2 Å². The molecule has 7 nitrogen and oxygen atoms in total. The maximum atomic E-state index is 13.6. The molecule has 5 rings (SSSR count). The van der Waals surface area contributed by atoms with Crippen LogP contribution < -0.4 is 0 Å². The molecule has 3 aromatic carbocycles. The molecule has 0 unspecified atom stereocenters. The van der Waals surface area contributed by atoms with Gasteiger partial charge in [0.1, 0.15) is 11.4 Å². The predicted octanol–water partition coefficient (Wildman–Crippen LogP) is 5.12. The van der Waals surface area contributed by atoms with Crippen molar-refractivity contribution < 1.29 is 18.0 Å². The molecule has 10 heteroatoms. The third kappa shape index (κ3) is 6.52. The highest BCUT2D eigenvalue weighted by molar-refractivity contribution is 7.89. The molecule has 2 saturated heterocycles. The van der Waals surface area contributed by atoms with Crippen LogP contribution in [0.1, 0.15) is 34.3 Å². The molecule has 3 aromatic rings. The molecule has 0 atom stereocenters. The Balaban J connectivity index is 1.23. The predicted molar refractivity (Wildman–Crippen MR) is 156 cm³/mol. The molecule has 2 amide bonds. The molecule has 0 bridgehead atoms. The average molecular weight is 601 g/mol. The van der Waals surface area contributed by atoms with Gasteiger partial charge in [0.05, 0.1) is 5.02 Å². The normalized spacial score (nSPS) is 17.3. The van der Waals surface area contributed by atoms with Crippen LogP contribution in [0.2, 0.25) is 10.0 Å². The van der Waals surface area contributed by atoms with E-state index in [9.17, 15) is 18.0 Å². The summed E-state index contributed by atoms with van der Waals surface area (Å²) in [6.07, 6.45) is 2.44. The summed E-state index contributed by atoms with van der Waals surface area (Å²) in [4.78, 5) is 29.2. The van der Waals surface area contributed by atoms with E-state index in [0.717, 1.165) is 24.8 Å². The number of rotatable bonds is 7. The maximum absolute atomic E-state index is 13.6. The molecular formula is C30H31Cl2N3O4S. The van der Waals surface area contributed by atoms with Crippen LogP contribution in [0.25, 0.3) is 0 Å². The van der Waals surface area contributed by atoms with Crippen molar-refractivity contribution in [2.75, 3.05) is 32.7 Å². The summed E-state index contributed by atoms with van der Waals surface area (Å²) in [7, 11) is -3.89. The van der Waals surface area contributed by atoms with Crippen molar-refractivity contribution in [2.24, 2.45) is 5.92 Å². The lowest BCUT2D eigenvalue weighted by Gasteiger charge is -2.34. The van der Waals surface area contributed by atoms with Crippen LogP contribution in [0, 0.1) is 5.92 Å². The largest absolute Gasteiger partial charge is 0.335 e. The molecule has 0 aromatic heterocycles. The van der Waals surface area contributed by atoms with Gasteiger partial charge in [-0.25, -0.2) is 8.42 Å². The first-order valence-electron chi connectivity index (χ1n) is 13.4. The molecule has 0 saturated carbocycles. The number of amides is 2. The van der Waals surface area contributed by atoms with Gasteiger partial charge in [-0.3, -0.25) is 9.59 Å². The number of halogens is 2. The number of piperidine rings is 1. The Bertz CT molecular complexity index is 1470. The minimum absolute atomic E-state index is 0.0748. The van der Waals surface area contributed by atoms with E-state index in [1.807, 2.05) is 30.3 Å². The molecule has 2 aliphatic rings. The van der Waals surface area contributed by atoms with Gasteiger partial charge in [-0.1, -0.05) is 65.7 Å². The molecule has 40 heavy (non-hydrogen) atoms. The van der Waals surface area contributed by atoms with Gasteiger partial charge in [0.2, 0.25) is 15.9 Å². The Kier molecular flexibility index (Phi) is 8.80. The van der Waals surface area contributed by atoms with Gasteiger partial charge in [0.25, 0.3) is 5.91 Å². The van der Waals surface area contributed by atoms with Crippen LogP contribution in [0.15, 0.2) is 77.7 Å². The zero-order chi connectivity index (χ0) is 28.3. The number of benzene rings is 3. The number of hydrogen-bond donors (Lipinski definition) is 0. The third-order valence-electron chi connectivity index (χ3n) is 7.63. The van der Waals surface area contributed by atoms with Crippen molar-refractivity contribution in [1.82, 2.24) is 14.1 Å². The van der Waals surface area contributed by atoms with Crippen molar-refractivity contribution in [3.05, 3.63) is 99.5 Å². The van der Waals surface area contributed by atoms with Gasteiger partial charge >= 0.3 is 0 Å². The lowest BCUT2D eigenvalue weighted by Crippen LogP contribution is -2.51. The van der Waals surface area contributed by atoms with E-state index in [4.69, 9.17) is 23.2 Å². The van der Waals surface area contributed by atoms with Gasteiger partial charge in [-0.15, -0.1) is 0 Å². The van der Waals surface area contributed by atoms with Crippen LogP contribution in [-0.4, -0.2) is 67.1 Å². The summed E-state index contributed by atoms with van der Waals surface area (Å²) in [6, 6.07) is 21.8. The number of piperazine rings is 1. The van der Waals surface area contributed by atoms with Crippen LogP contribution in [0.4, 0.5) is 0 Å². The number of carbonyl (C=O) groups excluding carboxylic acids is 2. The lowest BCUT2D eigenvalue weighted by atomic mass is 9.91. The topological polar surface area (TPSA) is 78.0 Å². The molecule has 0 N–H and O–H groups in total. The maximum Gasteiger partial charge on any atom is 0.254 e. The minimum Gasteiger partial charge on any atom is -0.335 e. The highest BCUT2D eigenvalue weighted by Gasteiger charge is 2.33. The second-order valence-electron chi connectivity index (χ2n) is 10.4. The molecule has 0 aliphatic carbocycles. The van der Waals surface area contributed by atoms with Gasteiger partial charge in [0.15, 0.2) is 0 Å². The SMILES string of the molecule is O=C1CN(C(=O)c2ccc(Cl)c(S(=O)(=O)N3CCC(Cc4ccccc4)CC3)c2)CCN1Cc1ccc(Cl)cc1. The first-order chi connectivity index (χ1) is 19.2. The third-order valence-corrected chi connectivity index (χ3v) is 10.3. The second kappa shape index (κ2) is 12.3. The first-order valence-corrected chi connectivity index (χ1v) is 15.6.